The van der Waals surface area contributed by atoms with Crippen molar-refractivity contribution < 1.29 is 4.74 Å². The van der Waals surface area contributed by atoms with Crippen molar-refractivity contribution >= 4 is 27.4 Å². The molecular formula is C18H16N4OS. The predicted octanol–water partition coefficient (Wildman–Crippen LogP) is 4.40. The van der Waals surface area contributed by atoms with Crippen LogP contribution >= 0.6 is 11.3 Å². The van der Waals surface area contributed by atoms with Gasteiger partial charge >= 0.3 is 0 Å². The van der Waals surface area contributed by atoms with Crippen molar-refractivity contribution in [2.24, 2.45) is 0 Å². The maximum absolute atomic E-state index is 5.34. The molecule has 0 aliphatic carbocycles. The fraction of sp³-hybridized carbons (Fsp3) is 0.111. The van der Waals surface area contributed by atoms with Gasteiger partial charge in [-0.1, -0.05) is 23.5 Å². The van der Waals surface area contributed by atoms with E-state index in [4.69, 9.17) is 4.74 Å². The maximum Gasteiger partial charge on any atom is 0.205 e. The molecule has 2 N–H and O–H groups in total. The van der Waals surface area contributed by atoms with Crippen molar-refractivity contribution in [3.8, 4) is 27.4 Å². The molecule has 2 aromatic heterocycles. The number of benzene rings is 2. The van der Waals surface area contributed by atoms with Crippen molar-refractivity contribution in [3.05, 3.63) is 48.7 Å². The molecule has 0 unspecified atom stereocenters. The highest BCUT2D eigenvalue weighted by Gasteiger charge is 2.11. The molecular weight excluding hydrogens is 320 g/mol. The van der Waals surface area contributed by atoms with E-state index in [2.05, 4.69) is 44.8 Å². The van der Waals surface area contributed by atoms with Crippen LogP contribution in [-0.2, 0) is 0 Å². The first-order chi connectivity index (χ1) is 11.8. The fourth-order valence-corrected chi connectivity index (χ4v) is 3.42. The minimum absolute atomic E-state index is 0.812. The second kappa shape index (κ2) is 5.98. The number of methoxy groups -OCH3 is 1. The summed E-state index contributed by atoms with van der Waals surface area (Å²) in [6.45, 7) is 0. The fourth-order valence-electron chi connectivity index (χ4n) is 2.72. The Bertz CT molecular complexity index is 1010. The van der Waals surface area contributed by atoms with Gasteiger partial charge < -0.3 is 15.0 Å². The number of nitrogens with zero attached hydrogens (tertiary/aromatic N) is 2. The average molecular weight is 336 g/mol. The Morgan fingerprint density at radius 3 is 2.79 bits per heavy atom. The van der Waals surface area contributed by atoms with E-state index in [0.717, 1.165) is 43.5 Å². The summed E-state index contributed by atoms with van der Waals surface area (Å²) in [5.74, 6) is 0.848. The average Bonchev–Trinajstić information content (AvgIpc) is 3.28. The SMILES string of the molecule is CNc1nnc(-c2ccc3[nH]cc(-c4cccc(OC)c4)c3c2)s1. The maximum atomic E-state index is 5.34. The van der Waals surface area contributed by atoms with Crippen LogP contribution in [0.3, 0.4) is 0 Å². The third-order valence-corrected chi connectivity index (χ3v) is 4.94. The number of nitrogens with one attached hydrogen (secondary N) is 2. The number of H-pyrrole nitrogens is 1. The van der Waals surface area contributed by atoms with Gasteiger partial charge in [-0.05, 0) is 35.9 Å². The summed E-state index contributed by atoms with van der Waals surface area (Å²) in [4.78, 5) is 3.33. The van der Waals surface area contributed by atoms with Crippen LogP contribution in [0, 0.1) is 0 Å². The number of anilines is 1. The van der Waals surface area contributed by atoms with Gasteiger partial charge in [0.25, 0.3) is 0 Å². The minimum Gasteiger partial charge on any atom is -0.497 e. The Labute approximate surface area is 143 Å². The third kappa shape index (κ3) is 2.51. The molecule has 0 bridgehead atoms. The second-order valence-electron chi connectivity index (χ2n) is 5.36. The summed E-state index contributed by atoms with van der Waals surface area (Å²) in [5, 5.41) is 14.3. The Morgan fingerprint density at radius 1 is 1.08 bits per heavy atom. The van der Waals surface area contributed by atoms with Gasteiger partial charge in [-0.3, -0.25) is 0 Å². The highest BCUT2D eigenvalue weighted by atomic mass is 32.1. The summed E-state index contributed by atoms with van der Waals surface area (Å²) in [7, 11) is 3.53. The number of aromatic nitrogens is 3. The zero-order valence-corrected chi connectivity index (χ0v) is 14.1. The van der Waals surface area contributed by atoms with E-state index in [9.17, 15) is 0 Å². The van der Waals surface area contributed by atoms with E-state index in [-0.39, 0.29) is 0 Å². The molecule has 0 amide bonds. The Kier molecular flexibility index (Phi) is 3.66. The second-order valence-corrected chi connectivity index (χ2v) is 6.33. The van der Waals surface area contributed by atoms with Crippen molar-refractivity contribution in [1.29, 1.82) is 0 Å². The van der Waals surface area contributed by atoms with Gasteiger partial charge in [0.2, 0.25) is 5.13 Å². The van der Waals surface area contributed by atoms with E-state index >= 15 is 0 Å². The van der Waals surface area contributed by atoms with Crippen molar-refractivity contribution in [2.45, 2.75) is 0 Å². The van der Waals surface area contributed by atoms with Gasteiger partial charge in [-0.25, -0.2) is 0 Å². The van der Waals surface area contributed by atoms with Crippen LogP contribution < -0.4 is 10.1 Å². The lowest BCUT2D eigenvalue weighted by Gasteiger charge is -2.04. The molecule has 0 radical (unpaired) electrons. The van der Waals surface area contributed by atoms with Crippen LogP contribution in [0.1, 0.15) is 0 Å². The van der Waals surface area contributed by atoms with Gasteiger partial charge in [0.1, 0.15) is 10.8 Å². The number of ether oxygens (including phenoxy) is 1. The highest BCUT2D eigenvalue weighted by molar-refractivity contribution is 7.18. The number of aromatic amines is 1. The zero-order chi connectivity index (χ0) is 16.5. The van der Waals surface area contributed by atoms with E-state index in [1.54, 1.807) is 18.4 Å². The van der Waals surface area contributed by atoms with Gasteiger partial charge in [0.15, 0.2) is 0 Å². The molecule has 0 saturated carbocycles. The smallest absolute Gasteiger partial charge is 0.205 e. The van der Waals surface area contributed by atoms with Crippen LogP contribution in [0.4, 0.5) is 5.13 Å². The van der Waals surface area contributed by atoms with Crippen molar-refractivity contribution in [2.75, 3.05) is 19.5 Å². The molecule has 4 aromatic rings. The Morgan fingerprint density at radius 2 is 2.00 bits per heavy atom. The summed E-state index contributed by atoms with van der Waals surface area (Å²) in [6, 6.07) is 14.4. The third-order valence-electron chi connectivity index (χ3n) is 3.95. The first-order valence-corrected chi connectivity index (χ1v) is 8.37. The van der Waals surface area contributed by atoms with Crippen LogP contribution in [0.2, 0.25) is 0 Å². The van der Waals surface area contributed by atoms with Gasteiger partial charge in [0, 0.05) is 35.3 Å². The Balaban J connectivity index is 1.83. The number of rotatable bonds is 4. The molecule has 4 rings (SSSR count). The molecule has 0 saturated heterocycles. The summed E-state index contributed by atoms with van der Waals surface area (Å²) in [5.41, 5.74) is 4.41. The quantitative estimate of drug-likeness (QED) is 0.580. The molecule has 0 spiro atoms. The molecule has 2 aromatic carbocycles. The normalized spacial score (nSPS) is 10.9. The lowest BCUT2D eigenvalue weighted by Crippen LogP contribution is -1.84. The van der Waals surface area contributed by atoms with Gasteiger partial charge in [-0.2, -0.15) is 0 Å². The zero-order valence-electron chi connectivity index (χ0n) is 13.3. The van der Waals surface area contributed by atoms with Crippen molar-refractivity contribution in [1.82, 2.24) is 15.2 Å². The lowest BCUT2D eigenvalue weighted by atomic mass is 10.0. The molecule has 0 aliphatic heterocycles. The van der Waals surface area contributed by atoms with Crippen LogP contribution in [0.15, 0.2) is 48.7 Å². The molecule has 120 valence electrons. The van der Waals surface area contributed by atoms with Crippen LogP contribution in [-0.4, -0.2) is 29.3 Å². The minimum atomic E-state index is 0.812. The molecule has 5 nitrogen and oxygen atoms in total. The predicted molar refractivity (Wildman–Crippen MR) is 98.7 cm³/mol. The highest BCUT2D eigenvalue weighted by Crippen LogP contribution is 2.34. The van der Waals surface area contributed by atoms with E-state index in [1.807, 2.05) is 31.4 Å². The van der Waals surface area contributed by atoms with Crippen LogP contribution in [0.5, 0.6) is 5.75 Å². The Hall–Kier alpha value is -2.86. The van der Waals surface area contributed by atoms with E-state index in [0.29, 0.717) is 0 Å². The van der Waals surface area contributed by atoms with E-state index in [1.165, 1.54) is 0 Å². The van der Waals surface area contributed by atoms with Gasteiger partial charge in [0.05, 0.1) is 7.11 Å². The molecule has 0 atom stereocenters. The summed E-state index contributed by atoms with van der Waals surface area (Å²) >= 11 is 1.54. The van der Waals surface area contributed by atoms with Gasteiger partial charge in [-0.15, -0.1) is 10.2 Å². The molecule has 6 heteroatoms. The standard InChI is InChI=1S/C18H16N4OS/c1-19-18-22-21-17(24-18)12-6-7-16-14(9-12)15(10-20-16)11-4-3-5-13(8-11)23-2/h3-10,20H,1-2H3,(H,19,22). The topological polar surface area (TPSA) is 62.8 Å². The first-order valence-electron chi connectivity index (χ1n) is 7.55. The van der Waals surface area contributed by atoms with Crippen LogP contribution in [0.25, 0.3) is 32.6 Å². The number of hydrogen-bond donors (Lipinski definition) is 2. The summed E-state index contributed by atoms with van der Waals surface area (Å²) in [6.07, 6.45) is 2.03. The largest absolute Gasteiger partial charge is 0.497 e. The molecule has 0 fully saturated rings. The van der Waals surface area contributed by atoms with Crippen molar-refractivity contribution in [3.63, 3.8) is 0 Å². The monoisotopic (exact) mass is 336 g/mol. The first kappa shape index (κ1) is 14.7. The number of hydrogen-bond acceptors (Lipinski definition) is 5. The summed E-state index contributed by atoms with van der Waals surface area (Å²) < 4.78 is 5.34. The molecule has 2 heterocycles. The molecule has 24 heavy (non-hydrogen) atoms. The number of fused-ring (bicyclic) bond motifs is 1. The van der Waals surface area contributed by atoms with E-state index < -0.39 is 0 Å². The molecule has 0 aliphatic rings. The lowest BCUT2D eigenvalue weighted by molar-refractivity contribution is 0.415.